The molecule has 1 unspecified atom stereocenters. The minimum absolute atomic E-state index is 0.0268. The summed E-state index contributed by atoms with van der Waals surface area (Å²) in [5.41, 5.74) is 6.78. The fourth-order valence-electron chi connectivity index (χ4n) is 3.47. The summed E-state index contributed by atoms with van der Waals surface area (Å²) in [5, 5.41) is 11.8. The third kappa shape index (κ3) is 5.70. The molecule has 1 atom stereocenters. The SMILES string of the molecule is NC1=CCC(/C=C/C(=O)NCc2cc3cc(C4=C=CC=C(C(=O)O)C=N4)cc(C(F)(F)F)c3o2)C=N1. The molecular formula is C25H19F3N4O4. The lowest BCUT2D eigenvalue weighted by atomic mass is 10.0. The Morgan fingerprint density at radius 1 is 1.28 bits per heavy atom. The van der Waals surface area contributed by atoms with Crippen LogP contribution in [0.2, 0.25) is 0 Å². The molecule has 0 fully saturated rings. The number of furan rings is 1. The van der Waals surface area contributed by atoms with Gasteiger partial charge in [-0.05, 0) is 48.9 Å². The molecule has 2 aromatic rings. The van der Waals surface area contributed by atoms with Gasteiger partial charge in [-0.25, -0.2) is 14.8 Å². The van der Waals surface area contributed by atoms with Crippen molar-refractivity contribution >= 4 is 41.0 Å². The minimum atomic E-state index is -4.74. The van der Waals surface area contributed by atoms with Crippen LogP contribution in [0.15, 0.2) is 80.1 Å². The number of amides is 1. The van der Waals surface area contributed by atoms with E-state index in [1.807, 2.05) is 0 Å². The van der Waals surface area contributed by atoms with Gasteiger partial charge in [0.2, 0.25) is 5.91 Å². The van der Waals surface area contributed by atoms with Crippen LogP contribution in [0.25, 0.3) is 16.7 Å². The van der Waals surface area contributed by atoms with Crippen molar-refractivity contribution in [1.82, 2.24) is 5.32 Å². The maximum absolute atomic E-state index is 13.8. The van der Waals surface area contributed by atoms with Crippen LogP contribution in [0, 0.1) is 5.92 Å². The van der Waals surface area contributed by atoms with Gasteiger partial charge in [0.05, 0.1) is 17.7 Å². The van der Waals surface area contributed by atoms with E-state index in [0.29, 0.717) is 12.2 Å². The molecule has 1 amide bonds. The largest absolute Gasteiger partial charge is 0.478 e. The van der Waals surface area contributed by atoms with E-state index in [4.69, 9.17) is 15.3 Å². The Labute approximate surface area is 202 Å². The average Bonchev–Trinajstić information content (AvgIpc) is 3.07. The summed E-state index contributed by atoms with van der Waals surface area (Å²) in [6.07, 6.45) is 5.74. The van der Waals surface area contributed by atoms with Crippen molar-refractivity contribution in [3.8, 4) is 0 Å². The van der Waals surface area contributed by atoms with E-state index in [-0.39, 0.29) is 46.0 Å². The van der Waals surface area contributed by atoms with Gasteiger partial charge in [0.1, 0.15) is 22.9 Å². The molecule has 0 bridgehead atoms. The van der Waals surface area contributed by atoms with E-state index in [1.165, 1.54) is 30.4 Å². The topological polar surface area (TPSA) is 130 Å². The van der Waals surface area contributed by atoms with Crippen molar-refractivity contribution in [3.63, 3.8) is 0 Å². The first-order valence-electron chi connectivity index (χ1n) is 10.6. The van der Waals surface area contributed by atoms with Crippen molar-refractivity contribution in [1.29, 1.82) is 0 Å². The van der Waals surface area contributed by atoms with Gasteiger partial charge in [-0.2, -0.15) is 13.2 Å². The number of nitrogens with zero attached hydrogens (tertiary/aromatic N) is 2. The molecule has 2 aliphatic heterocycles. The van der Waals surface area contributed by atoms with Crippen molar-refractivity contribution < 1.29 is 32.3 Å². The number of halogens is 3. The van der Waals surface area contributed by atoms with Crippen molar-refractivity contribution in [2.75, 3.05) is 0 Å². The van der Waals surface area contributed by atoms with E-state index in [2.05, 4.69) is 21.0 Å². The molecule has 0 spiro atoms. The summed E-state index contributed by atoms with van der Waals surface area (Å²) in [4.78, 5) is 31.2. The minimum Gasteiger partial charge on any atom is -0.478 e. The number of nitrogens with one attached hydrogen (secondary N) is 1. The maximum atomic E-state index is 13.8. The number of aliphatic imine (C=N–C) groups is 2. The molecule has 4 N–H and O–H groups in total. The van der Waals surface area contributed by atoms with Gasteiger partial charge >= 0.3 is 12.1 Å². The molecule has 0 saturated carbocycles. The highest BCUT2D eigenvalue weighted by Crippen LogP contribution is 2.38. The number of carboxylic acids is 1. The van der Waals surface area contributed by atoms with E-state index in [0.717, 1.165) is 12.3 Å². The summed E-state index contributed by atoms with van der Waals surface area (Å²) in [6.45, 7) is -0.136. The number of hydrogen-bond donors (Lipinski definition) is 3. The number of allylic oxidation sites excluding steroid dienone is 4. The average molecular weight is 496 g/mol. The zero-order valence-electron chi connectivity index (χ0n) is 18.5. The molecule has 0 aliphatic carbocycles. The highest BCUT2D eigenvalue weighted by molar-refractivity contribution is 6.10. The predicted octanol–water partition coefficient (Wildman–Crippen LogP) is 4.11. The molecule has 1 aromatic heterocycles. The summed E-state index contributed by atoms with van der Waals surface area (Å²) in [7, 11) is 0. The quantitative estimate of drug-likeness (QED) is 0.409. The van der Waals surface area contributed by atoms with Crippen LogP contribution in [-0.2, 0) is 22.3 Å². The number of nitrogens with two attached hydrogens (primary N) is 1. The number of alkyl halides is 3. The summed E-state index contributed by atoms with van der Waals surface area (Å²) in [6, 6.07) is 3.69. The van der Waals surface area contributed by atoms with Crippen molar-refractivity contribution in [2.24, 2.45) is 21.6 Å². The van der Waals surface area contributed by atoms with E-state index >= 15 is 0 Å². The molecule has 1 aromatic carbocycles. The number of rotatable bonds is 6. The second kappa shape index (κ2) is 9.93. The first-order chi connectivity index (χ1) is 17.1. The molecule has 4 rings (SSSR count). The van der Waals surface area contributed by atoms with Gasteiger partial charge in [-0.1, -0.05) is 11.8 Å². The van der Waals surface area contributed by atoms with Crippen LogP contribution in [0.4, 0.5) is 13.2 Å². The van der Waals surface area contributed by atoms with Crippen LogP contribution in [-0.4, -0.2) is 29.4 Å². The van der Waals surface area contributed by atoms with Gasteiger partial charge in [-0.3, -0.25) is 4.79 Å². The summed E-state index contributed by atoms with van der Waals surface area (Å²) < 4.78 is 46.9. The maximum Gasteiger partial charge on any atom is 0.420 e. The number of fused-ring (bicyclic) bond motifs is 1. The molecule has 36 heavy (non-hydrogen) atoms. The summed E-state index contributed by atoms with van der Waals surface area (Å²) in [5.74, 6) is -1.23. The number of benzene rings is 1. The lowest BCUT2D eigenvalue weighted by molar-refractivity contribution is -0.137. The fourth-order valence-corrected chi connectivity index (χ4v) is 3.47. The number of carbonyl (C=O) groups is 2. The summed E-state index contributed by atoms with van der Waals surface area (Å²) >= 11 is 0. The number of aliphatic carboxylic acids is 1. The van der Waals surface area contributed by atoms with E-state index in [9.17, 15) is 22.8 Å². The first-order valence-corrected chi connectivity index (χ1v) is 10.6. The van der Waals surface area contributed by atoms with Gasteiger partial charge in [0.25, 0.3) is 0 Å². The van der Waals surface area contributed by atoms with Gasteiger partial charge < -0.3 is 20.6 Å². The van der Waals surface area contributed by atoms with Crippen molar-refractivity contribution in [2.45, 2.75) is 19.1 Å². The number of carbonyl (C=O) groups excluding carboxylic acids is 1. The Hall–Kier alpha value is -4.63. The van der Waals surface area contributed by atoms with E-state index in [1.54, 1.807) is 18.4 Å². The van der Waals surface area contributed by atoms with Gasteiger partial charge in [0.15, 0.2) is 0 Å². The molecule has 8 nitrogen and oxygen atoms in total. The zero-order valence-corrected chi connectivity index (χ0v) is 18.5. The standard InChI is InChI=1S/C25H19F3N4O4/c26-25(27,28)19-10-16(20-3-1-2-15(12-30-20)24(34)35)8-17-9-18(36-23(17)19)13-32-22(33)7-5-14-4-6-21(29)31-11-14/h1-2,5-12,14H,4,13,29H2,(H,32,33)(H,34,35)/b7-5+. The third-order valence-electron chi connectivity index (χ3n) is 5.25. The number of hydrogen-bond acceptors (Lipinski definition) is 6. The van der Waals surface area contributed by atoms with Crippen molar-refractivity contribution in [3.05, 3.63) is 82.6 Å². The Morgan fingerprint density at radius 2 is 2.08 bits per heavy atom. The van der Waals surface area contributed by atoms with Crippen LogP contribution < -0.4 is 11.1 Å². The van der Waals surface area contributed by atoms with Crippen LogP contribution in [0.5, 0.6) is 0 Å². The monoisotopic (exact) mass is 496 g/mol. The second-order valence-corrected chi connectivity index (χ2v) is 7.88. The molecule has 0 radical (unpaired) electrons. The third-order valence-corrected chi connectivity index (χ3v) is 5.25. The Balaban J connectivity index is 1.55. The molecule has 11 heteroatoms. The van der Waals surface area contributed by atoms with Crippen LogP contribution in [0.1, 0.15) is 23.3 Å². The normalized spacial score (nSPS) is 17.6. The van der Waals surface area contributed by atoms with Gasteiger partial charge in [-0.15, -0.1) is 0 Å². The molecule has 184 valence electrons. The smallest absolute Gasteiger partial charge is 0.420 e. The lowest BCUT2D eigenvalue weighted by Gasteiger charge is -2.09. The van der Waals surface area contributed by atoms with Crippen LogP contribution in [0.3, 0.4) is 0 Å². The lowest BCUT2D eigenvalue weighted by Crippen LogP contribution is -2.20. The Kier molecular flexibility index (Phi) is 6.75. The predicted molar refractivity (Wildman–Crippen MR) is 127 cm³/mol. The molecule has 0 saturated heterocycles. The second-order valence-electron chi connectivity index (χ2n) is 7.88. The van der Waals surface area contributed by atoms with E-state index < -0.39 is 23.6 Å². The first kappa shape index (κ1) is 24.5. The van der Waals surface area contributed by atoms with Crippen LogP contribution >= 0.6 is 0 Å². The zero-order chi connectivity index (χ0) is 25.9. The number of carboxylic acid groups (broad SMARTS) is 1. The molecule has 2 aliphatic rings. The molecule has 3 heterocycles. The Morgan fingerprint density at radius 3 is 2.78 bits per heavy atom. The van der Waals surface area contributed by atoms with Gasteiger partial charge in [0, 0.05) is 29.3 Å². The molecular weight excluding hydrogens is 477 g/mol. The highest BCUT2D eigenvalue weighted by atomic mass is 19.4. The fraction of sp³-hybridized carbons (Fsp3) is 0.160. The Bertz CT molecular complexity index is 1450. The highest BCUT2D eigenvalue weighted by Gasteiger charge is 2.35.